The molecular formula is C22H33N7O. The lowest BCUT2D eigenvalue weighted by Gasteiger charge is -2.13. The van der Waals surface area contributed by atoms with Crippen molar-refractivity contribution in [3.05, 3.63) is 48.2 Å². The van der Waals surface area contributed by atoms with Crippen LogP contribution in [-0.2, 0) is 24.1 Å². The van der Waals surface area contributed by atoms with Crippen LogP contribution >= 0.6 is 0 Å². The fourth-order valence-electron chi connectivity index (χ4n) is 3.36. The van der Waals surface area contributed by atoms with E-state index in [1.54, 1.807) is 6.33 Å². The highest BCUT2D eigenvalue weighted by molar-refractivity contribution is 5.83. The summed E-state index contributed by atoms with van der Waals surface area (Å²) in [5.74, 6) is 1.83. The molecule has 0 aliphatic carbocycles. The van der Waals surface area contributed by atoms with Gasteiger partial charge in [0.1, 0.15) is 12.2 Å². The van der Waals surface area contributed by atoms with Crippen LogP contribution in [0.4, 0.5) is 0 Å². The van der Waals surface area contributed by atoms with Gasteiger partial charge in [-0.15, -0.1) is 10.2 Å². The number of aryl methyl sites for hydroxylation is 1. The molecule has 0 aliphatic heterocycles. The van der Waals surface area contributed by atoms with Crippen LogP contribution in [0.15, 0.2) is 41.8 Å². The normalized spacial score (nSPS) is 11.9. The van der Waals surface area contributed by atoms with Crippen molar-refractivity contribution >= 4 is 16.9 Å². The summed E-state index contributed by atoms with van der Waals surface area (Å²) in [6.07, 6.45) is 6.59. The Morgan fingerprint density at radius 1 is 1.20 bits per heavy atom. The number of ether oxygens (including phenoxy) is 1. The van der Waals surface area contributed by atoms with Gasteiger partial charge in [0.2, 0.25) is 0 Å². The van der Waals surface area contributed by atoms with E-state index in [1.807, 2.05) is 6.92 Å². The molecule has 0 fully saturated rings. The predicted octanol–water partition coefficient (Wildman–Crippen LogP) is 2.53. The van der Waals surface area contributed by atoms with Crippen LogP contribution < -0.4 is 10.6 Å². The van der Waals surface area contributed by atoms with E-state index in [4.69, 9.17) is 9.73 Å². The topological polar surface area (TPSA) is 92.2 Å². The molecule has 0 spiro atoms. The van der Waals surface area contributed by atoms with Gasteiger partial charge in [-0.05, 0) is 31.4 Å². The Morgan fingerprint density at radius 3 is 2.93 bits per heavy atom. The van der Waals surface area contributed by atoms with Crippen molar-refractivity contribution in [1.82, 2.24) is 30.4 Å². The molecule has 0 atom stereocenters. The third kappa shape index (κ3) is 6.32. The summed E-state index contributed by atoms with van der Waals surface area (Å²) < 4.78 is 7.49. The first kappa shape index (κ1) is 21.8. The Bertz CT molecular complexity index is 915. The van der Waals surface area contributed by atoms with E-state index in [1.165, 1.54) is 16.5 Å². The van der Waals surface area contributed by atoms with Crippen LogP contribution in [-0.4, -0.2) is 58.6 Å². The van der Waals surface area contributed by atoms with Crippen molar-refractivity contribution in [3.8, 4) is 0 Å². The number of hydrogen-bond acceptors (Lipinski definition) is 4. The monoisotopic (exact) mass is 411 g/mol. The van der Waals surface area contributed by atoms with E-state index in [0.717, 1.165) is 70.4 Å². The van der Waals surface area contributed by atoms with Gasteiger partial charge in [0.25, 0.3) is 0 Å². The Balaban J connectivity index is 1.51. The number of fused-ring (bicyclic) bond motifs is 1. The molecule has 162 valence electrons. The zero-order valence-corrected chi connectivity index (χ0v) is 18.0. The second-order valence-electron chi connectivity index (χ2n) is 7.04. The van der Waals surface area contributed by atoms with Gasteiger partial charge in [0.15, 0.2) is 5.96 Å². The van der Waals surface area contributed by atoms with E-state index in [2.05, 4.69) is 67.8 Å². The predicted molar refractivity (Wildman–Crippen MR) is 121 cm³/mol. The van der Waals surface area contributed by atoms with Gasteiger partial charge in [-0.2, -0.15) is 0 Å². The average Bonchev–Trinajstić information content (AvgIpc) is 3.40. The van der Waals surface area contributed by atoms with Crippen LogP contribution in [0.2, 0.25) is 0 Å². The maximum atomic E-state index is 5.41. The number of guanidine groups is 1. The second kappa shape index (κ2) is 12.0. The molecular weight excluding hydrogens is 378 g/mol. The molecule has 0 saturated carbocycles. The fourth-order valence-corrected chi connectivity index (χ4v) is 3.36. The minimum Gasteiger partial charge on any atom is -0.382 e. The quantitative estimate of drug-likeness (QED) is 0.242. The molecule has 2 heterocycles. The van der Waals surface area contributed by atoms with E-state index >= 15 is 0 Å². The van der Waals surface area contributed by atoms with Crippen LogP contribution in [0.5, 0.6) is 0 Å². The standard InChI is InChI=1S/C22H33N7O/c1-3-21-28-27-17-29(21)14-13-25-22(23-11-7-15-30-4-2)24-12-10-18-16-26-20-9-6-5-8-19(18)20/h5-6,8-9,16-17,26H,3-4,7,10-15H2,1-2H3,(H2,23,24,25). The van der Waals surface area contributed by atoms with Crippen LogP contribution in [0.1, 0.15) is 31.7 Å². The second-order valence-corrected chi connectivity index (χ2v) is 7.04. The van der Waals surface area contributed by atoms with Crippen molar-refractivity contribution in [2.24, 2.45) is 4.99 Å². The molecule has 0 saturated heterocycles. The summed E-state index contributed by atoms with van der Waals surface area (Å²) in [5.41, 5.74) is 2.49. The molecule has 3 rings (SSSR count). The molecule has 8 heteroatoms. The summed E-state index contributed by atoms with van der Waals surface area (Å²) in [6, 6.07) is 8.40. The molecule has 8 nitrogen and oxygen atoms in total. The van der Waals surface area contributed by atoms with Gasteiger partial charge in [-0.1, -0.05) is 25.1 Å². The molecule has 0 radical (unpaired) electrons. The molecule has 2 aromatic heterocycles. The lowest BCUT2D eigenvalue weighted by molar-refractivity contribution is 0.146. The number of benzene rings is 1. The molecule has 0 bridgehead atoms. The average molecular weight is 412 g/mol. The Labute approximate surface area is 178 Å². The molecule has 0 amide bonds. The highest BCUT2D eigenvalue weighted by Gasteiger charge is 2.05. The summed E-state index contributed by atoms with van der Waals surface area (Å²) in [7, 11) is 0. The maximum Gasteiger partial charge on any atom is 0.191 e. The lowest BCUT2D eigenvalue weighted by Crippen LogP contribution is -2.40. The van der Waals surface area contributed by atoms with E-state index in [-0.39, 0.29) is 0 Å². The molecule has 0 unspecified atom stereocenters. The number of rotatable bonds is 12. The van der Waals surface area contributed by atoms with Crippen molar-refractivity contribution in [2.75, 3.05) is 32.8 Å². The minimum absolute atomic E-state index is 0.731. The number of aromatic amines is 1. The van der Waals surface area contributed by atoms with Crippen molar-refractivity contribution in [2.45, 2.75) is 39.7 Å². The molecule has 3 N–H and O–H groups in total. The van der Waals surface area contributed by atoms with Gasteiger partial charge >= 0.3 is 0 Å². The maximum absolute atomic E-state index is 5.41. The molecule has 30 heavy (non-hydrogen) atoms. The van der Waals surface area contributed by atoms with Crippen molar-refractivity contribution < 1.29 is 4.74 Å². The number of nitrogens with one attached hydrogen (secondary N) is 3. The molecule has 1 aromatic carbocycles. The van der Waals surface area contributed by atoms with Crippen molar-refractivity contribution in [1.29, 1.82) is 0 Å². The zero-order valence-electron chi connectivity index (χ0n) is 18.0. The summed E-state index contributed by atoms with van der Waals surface area (Å²) in [6.45, 7) is 8.69. The number of nitrogens with zero attached hydrogens (tertiary/aromatic N) is 4. The lowest BCUT2D eigenvalue weighted by atomic mass is 10.1. The molecule has 3 aromatic rings. The third-order valence-electron chi connectivity index (χ3n) is 4.94. The van der Waals surface area contributed by atoms with Gasteiger partial charge in [-0.25, -0.2) is 0 Å². The smallest absolute Gasteiger partial charge is 0.191 e. The fraction of sp³-hybridized carbons (Fsp3) is 0.500. The largest absolute Gasteiger partial charge is 0.382 e. The number of para-hydroxylation sites is 1. The van der Waals surface area contributed by atoms with Gasteiger partial charge in [-0.3, -0.25) is 4.99 Å². The Kier molecular flexibility index (Phi) is 8.71. The third-order valence-corrected chi connectivity index (χ3v) is 4.94. The first-order chi connectivity index (χ1) is 14.8. The minimum atomic E-state index is 0.731. The Morgan fingerprint density at radius 2 is 2.07 bits per heavy atom. The highest BCUT2D eigenvalue weighted by atomic mass is 16.5. The van der Waals surface area contributed by atoms with Gasteiger partial charge in [0, 0.05) is 62.9 Å². The summed E-state index contributed by atoms with van der Waals surface area (Å²) in [4.78, 5) is 8.04. The van der Waals surface area contributed by atoms with Crippen LogP contribution in [0.25, 0.3) is 10.9 Å². The number of aromatic nitrogens is 4. The zero-order chi connectivity index (χ0) is 21.0. The van der Waals surface area contributed by atoms with Crippen molar-refractivity contribution in [3.63, 3.8) is 0 Å². The number of aliphatic imine (C=N–C) groups is 1. The van der Waals surface area contributed by atoms with Crippen LogP contribution in [0.3, 0.4) is 0 Å². The molecule has 0 aliphatic rings. The van der Waals surface area contributed by atoms with E-state index < -0.39 is 0 Å². The SMILES string of the molecule is CCOCCCN=C(NCCc1c[nH]c2ccccc12)NCCn1cnnc1CC. The Hall–Kier alpha value is -2.87. The highest BCUT2D eigenvalue weighted by Crippen LogP contribution is 2.17. The first-order valence-electron chi connectivity index (χ1n) is 10.8. The van der Waals surface area contributed by atoms with E-state index in [0.29, 0.717) is 0 Å². The van der Waals surface area contributed by atoms with Gasteiger partial charge in [0.05, 0.1) is 0 Å². The summed E-state index contributed by atoms with van der Waals surface area (Å²) >= 11 is 0. The van der Waals surface area contributed by atoms with E-state index in [9.17, 15) is 0 Å². The number of H-pyrrole nitrogens is 1. The summed E-state index contributed by atoms with van der Waals surface area (Å²) in [5, 5.41) is 16.3. The van der Waals surface area contributed by atoms with Crippen LogP contribution in [0, 0.1) is 0 Å². The first-order valence-corrected chi connectivity index (χ1v) is 10.8. The number of hydrogen-bond donors (Lipinski definition) is 3. The van der Waals surface area contributed by atoms with Gasteiger partial charge < -0.3 is 24.9 Å².